The maximum absolute atomic E-state index is 12.8. The van der Waals surface area contributed by atoms with Gasteiger partial charge >= 0.3 is 12.0 Å². The molecule has 2 bridgehead atoms. The predicted molar refractivity (Wildman–Crippen MR) is 96.9 cm³/mol. The second-order valence-corrected chi connectivity index (χ2v) is 7.44. The van der Waals surface area contributed by atoms with Crippen LogP contribution in [0.5, 0.6) is 0 Å². The Morgan fingerprint density at radius 2 is 2.08 bits per heavy atom. The van der Waals surface area contributed by atoms with E-state index >= 15 is 0 Å². The van der Waals surface area contributed by atoms with E-state index < -0.39 is 12.0 Å². The van der Waals surface area contributed by atoms with Crippen molar-refractivity contribution < 1.29 is 14.3 Å². The highest BCUT2D eigenvalue weighted by Crippen LogP contribution is 2.34. The van der Waals surface area contributed by atoms with E-state index in [1.807, 2.05) is 24.5 Å². The van der Waals surface area contributed by atoms with Gasteiger partial charge in [0.25, 0.3) is 5.56 Å². The van der Waals surface area contributed by atoms with Crippen molar-refractivity contribution in [2.24, 2.45) is 11.8 Å². The summed E-state index contributed by atoms with van der Waals surface area (Å²) in [6, 6.07) is 4.46. The molecule has 1 aromatic rings. The van der Waals surface area contributed by atoms with Gasteiger partial charge in [0.15, 0.2) is 0 Å². The Bertz CT molecular complexity index is 745. The Labute approximate surface area is 153 Å². The number of methoxy groups -OCH3 is 1. The Hall–Kier alpha value is -2.31. The third kappa shape index (κ3) is 3.48. The number of nitrogens with zero attached hydrogens (tertiary/aromatic N) is 2. The highest BCUT2D eigenvalue weighted by Gasteiger charge is 2.37. The maximum atomic E-state index is 12.8. The Balaban J connectivity index is 1.74. The lowest BCUT2D eigenvalue weighted by Gasteiger charge is -2.43. The molecule has 0 aliphatic carbocycles. The predicted octanol–water partition coefficient (Wildman–Crippen LogP) is 1.56. The van der Waals surface area contributed by atoms with Crippen molar-refractivity contribution in [3.05, 3.63) is 34.2 Å². The van der Waals surface area contributed by atoms with Gasteiger partial charge in [-0.1, -0.05) is 26.3 Å². The van der Waals surface area contributed by atoms with Crippen molar-refractivity contribution in [1.82, 2.24) is 14.8 Å². The quantitative estimate of drug-likeness (QED) is 0.826. The van der Waals surface area contributed by atoms with E-state index in [2.05, 4.69) is 5.32 Å². The molecular weight excluding hydrogens is 334 g/mol. The summed E-state index contributed by atoms with van der Waals surface area (Å²) in [4.78, 5) is 38.7. The molecule has 0 spiro atoms. The van der Waals surface area contributed by atoms with Crippen LogP contribution in [0.4, 0.5) is 4.79 Å². The number of ether oxygens (including phenoxy) is 1. The van der Waals surface area contributed by atoms with Gasteiger partial charge in [0.2, 0.25) is 0 Å². The fraction of sp³-hybridized carbons (Fsp3) is 0.632. The molecule has 7 nitrogen and oxygen atoms in total. The van der Waals surface area contributed by atoms with Crippen molar-refractivity contribution >= 4 is 12.0 Å². The molecule has 142 valence electrons. The summed E-state index contributed by atoms with van der Waals surface area (Å²) >= 11 is 0. The number of aromatic nitrogens is 1. The molecule has 3 heterocycles. The zero-order valence-electron chi connectivity index (χ0n) is 15.6. The average Bonchev–Trinajstić information content (AvgIpc) is 2.65. The van der Waals surface area contributed by atoms with E-state index in [0.29, 0.717) is 19.6 Å². The smallest absolute Gasteiger partial charge is 0.328 e. The molecule has 1 N–H and O–H groups in total. The fourth-order valence-corrected chi connectivity index (χ4v) is 4.08. The van der Waals surface area contributed by atoms with E-state index in [-0.39, 0.29) is 29.3 Å². The monoisotopic (exact) mass is 361 g/mol. The van der Waals surface area contributed by atoms with E-state index in [1.54, 1.807) is 17.0 Å². The lowest BCUT2D eigenvalue weighted by atomic mass is 9.83. The highest BCUT2D eigenvalue weighted by molar-refractivity contribution is 5.84. The number of carbonyl (C=O) groups excluding carboxylic acids is 2. The number of urea groups is 1. The van der Waals surface area contributed by atoms with E-state index in [1.165, 1.54) is 7.11 Å². The van der Waals surface area contributed by atoms with Crippen molar-refractivity contribution in [1.29, 1.82) is 0 Å². The minimum absolute atomic E-state index is 0.00464. The number of hydrogen-bond acceptors (Lipinski definition) is 4. The minimum Gasteiger partial charge on any atom is -0.467 e. The maximum Gasteiger partial charge on any atom is 0.328 e. The molecule has 1 aromatic heterocycles. The molecule has 1 fully saturated rings. The van der Waals surface area contributed by atoms with Crippen LogP contribution in [0, 0.1) is 11.8 Å². The highest BCUT2D eigenvalue weighted by atomic mass is 16.5. The Kier molecular flexibility index (Phi) is 5.34. The number of carbonyl (C=O) groups is 2. The van der Waals surface area contributed by atoms with Crippen LogP contribution in [-0.4, -0.2) is 47.7 Å². The summed E-state index contributed by atoms with van der Waals surface area (Å²) in [6.07, 6.45) is 1.75. The van der Waals surface area contributed by atoms with Gasteiger partial charge in [-0.15, -0.1) is 0 Å². The SMILES string of the molecule is CCC(C)[C@H](NC(=O)N1CC2CC(C1)c1cccc(=O)n1C2)C(=O)OC. The van der Waals surface area contributed by atoms with Gasteiger partial charge in [0, 0.05) is 37.3 Å². The summed E-state index contributed by atoms with van der Waals surface area (Å²) in [6.45, 7) is 5.70. The first kappa shape index (κ1) is 18.5. The summed E-state index contributed by atoms with van der Waals surface area (Å²) in [7, 11) is 1.34. The third-order valence-corrected chi connectivity index (χ3v) is 5.71. The van der Waals surface area contributed by atoms with E-state index in [4.69, 9.17) is 4.74 Å². The van der Waals surface area contributed by atoms with E-state index in [9.17, 15) is 14.4 Å². The van der Waals surface area contributed by atoms with Crippen LogP contribution in [0.15, 0.2) is 23.0 Å². The number of hydrogen-bond donors (Lipinski definition) is 1. The van der Waals surface area contributed by atoms with Crippen molar-refractivity contribution in [2.45, 2.75) is 45.2 Å². The first-order chi connectivity index (χ1) is 12.4. The number of esters is 1. The molecule has 2 amide bonds. The molecule has 0 radical (unpaired) electrons. The lowest BCUT2D eigenvalue weighted by molar-refractivity contribution is -0.144. The van der Waals surface area contributed by atoms with Gasteiger partial charge in [-0.3, -0.25) is 4.79 Å². The summed E-state index contributed by atoms with van der Waals surface area (Å²) in [5, 5.41) is 2.86. The summed E-state index contributed by atoms with van der Waals surface area (Å²) < 4.78 is 6.69. The number of nitrogens with one attached hydrogen (secondary N) is 1. The van der Waals surface area contributed by atoms with Crippen LogP contribution >= 0.6 is 0 Å². The zero-order chi connectivity index (χ0) is 18.8. The van der Waals surface area contributed by atoms with Crippen LogP contribution in [0.1, 0.15) is 38.3 Å². The molecule has 0 saturated carbocycles. The second kappa shape index (κ2) is 7.51. The molecule has 4 atom stereocenters. The number of rotatable bonds is 4. The number of fused-ring (bicyclic) bond motifs is 4. The van der Waals surface area contributed by atoms with E-state index in [0.717, 1.165) is 18.5 Å². The van der Waals surface area contributed by atoms with Crippen molar-refractivity contribution in [2.75, 3.05) is 20.2 Å². The average molecular weight is 361 g/mol. The molecule has 1 saturated heterocycles. The second-order valence-electron chi connectivity index (χ2n) is 7.44. The molecule has 3 rings (SSSR count). The van der Waals surface area contributed by atoms with Gasteiger partial charge in [0.05, 0.1) is 7.11 Å². The normalized spacial score (nSPS) is 23.6. The number of pyridine rings is 1. The minimum atomic E-state index is -0.644. The Morgan fingerprint density at radius 3 is 2.77 bits per heavy atom. The van der Waals surface area contributed by atoms with Crippen molar-refractivity contribution in [3.63, 3.8) is 0 Å². The Morgan fingerprint density at radius 1 is 1.31 bits per heavy atom. The fourth-order valence-electron chi connectivity index (χ4n) is 4.08. The third-order valence-electron chi connectivity index (χ3n) is 5.71. The number of likely N-dealkylation sites (tertiary alicyclic amines) is 1. The molecule has 0 aromatic carbocycles. The molecule has 26 heavy (non-hydrogen) atoms. The number of piperidine rings is 1. The molecule has 2 aliphatic heterocycles. The van der Waals surface area contributed by atoms with Crippen molar-refractivity contribution in [3.8, 4) is 0 Å². The summed E-state index contributed by atoms with van der Waals surface area (Å²) in [5.41, 5.74) is 1.02. The standard InChI is InChI=1S/C19H27N3O4/c1-4-12(2)17(18(24)26-3)20-19(25)21-9-13-8-14(11-21)15-6-5-7-16(23)22(15)10-13/h5-7,12-14,17H,4,8-11H2,1-3H3,(H,20,25)/t12?,13?,14?,17-/m0/s1. The first-order valence-corrected chi connectivity index (χ1v) is 9.27. The van der Waals surface area contributed by atoms with Gasteiger partial charge in [-0.25, -0.2) is 9.59 Å². The first-order valence-electron chi connectivity index (χ1n) is 9.27. The number of amides is 2. The van der Waals surface area contributed by atoms with Crippen LogP contribution in [0.3, 0.4) is 0 Å². The van der Waals surface area contributed by atoms with Gasteiger partial charge < -0.3 is 19.5 Å². The zero-order valence-corrected chi connectivity index (χ0v) is 15.6. The molecular formula is C19H27N3O4. The van der Waals surface area contributed by atoms with Crippen LogP contribution in [0.2, 0.25) is 0 Å². The van der Waals surface area contributed by atoms with Crippen LogP contribution < -0.4 is 10.9 Å². The molecule has 2 aliphatic rings. The van der Waals surface area contributed by atoms with Gasteiger partial charge in [0.1, 0.15) is 6.04 Å². The topological polar surface area (TPSA) is 80.6 Å². The van der Waals surface area contributed by atoms with Gasteiger partial charge in [-0.2, -0.15) is 0 Å². The molecule has 7 heteroatoms. The van der Waals surface area contributed by atoms with Crippen LogP contribution in [0.25, 0.3) is 0 Å². The van der Waals surface area contributed by atoms with Gasteiger partial charge in [-0.05, 0) is 24.3 Å². The summed E-state index contributed by atoms with van der Waals surface area (Å²) in [5.74, 6) is -0.00797. The largest absolute Gasteiger partial charge is 0.467 e. The molecule has 3 unspecified atom stereocenters. The lowest BCUT2D eigenvalue weighted by Crippen LogP contribution is -2.55. The van der Waals surface area contributed by atoms with Crippen LogP contribution in [-0.2, 0) is 16.1 Å².